The molecule has 0 aromatic carbocycles. The molecule has 3 saturated heterocycles. The van der Waals surface area contributed by atoms with E-state index < -0.39 is 0 Å². The van der Waals surface area contributed by atoms with E-state index >= 15 is 0 Å². The van der Waals surface area contributed by atoms with Crippen LogP contribution < -0.4 is 0 Å². The van der Waals surface area contributed by atoms with Crippen LogP contribution in [0.3, 0.4) is 0 Å². The van der Waals surface area contributed by atoms with Crippen molar-refractivity contribution >= 4 is 5.91 Å². The van der Waals surface area contributed by atoms with Gasteiger partial charge in [-0.3, -0.25) is 19.7 Å². The highest BCUT2D eigenvalue weighted by Crippen LogP contribution is 2.27. The summed E-state index contributed by atoms with van der Waals surface area (Å²) in [7, 11) is 0. The third-order valence-electron chi connectivity index (χ3n) is 6.96. The van der Waals surface area contributed by atoms with Crippen molar-refractivity contribution in [1.82, 2.24) is 24.9 Å². The lowest BCUT2D eigenvalue weighted by Gasteiger charge is -2.42. The monoisotopic (exact) mass is 373 g/mol. The van der Waals surface area contributed by atoms with Gasteiger partial charge in [0.15, 0.2) is 0 Å². The summed E-state index contributed by atoms with van der Waals surface area (Å²) < 4.78 is 0. The van der Waals surface area contributed by atoms with E-state index in [2.05, 4.69) is 38.7 Å². The Bertz CT molecular complexity index is 623. The largest absolute Gasteiger partial charge is 0.342 e. The first-order chi connectivity index (χ1) is 13.1. The van der Waals surface area contributed by atoms with E-state index in [1.807, 2.05) is 0 Å². The SMILES string of the molecule is Cc1n[nH]c(C)c1CN1CCC(N2CCC[C@@H](C(=O)N3CCCC3)C2)CC1. The van der Waals surface area contributed by atoms with E-state index in [-0.39, 0.29) is 5.92 Å². The first-order valence-electron chi connectivity index (χ1n) is 10.9. The van der Waals surface area contributed by atoms with Crippen LogP contribution in [-0.4, -0.2) is 76.1 Å². The summed E-state index contributed by atoms with van der Waals surface area (Å²) in [6.07, 6.45) is 7.09. The van der Waals surface area contributed by atoms with Crippen molar-refractivity contribution in [2.45, 2.75) is 65.0 Å². The number of piperidine rings is 2. The number of aromatic amines is 1. The van der Waals surface area contributed by atoms with E-state index in [4.69, 9.17) is 0 Å². The van der Waals surface area contributed by atoms with E-state index in [1.165, 1.54) is 49.9 Å². The molecule has 150 valence electrons. The van der Waals surface area contributed by atoms with Gasteiger partial charge in [-0.1, -0.05) is 0 Å². The number of likely N-dealkylation sites (tertiary alicyclic amines) is 3. The minimum Gasteiger partial charge on any atom is -0.342 e. The first kappa shape index (κ1) is 18.9. The van der Waals surface area contributed by atoms with Crippen LogP contribution in [0.15, 0.2) is 0 Å². The number of hydrogen-bond acceptors (Lipinski definition) is 4. The Morgan fingerprint density at radius 1 is 1.04 bits per heavy atom. The third kappa shape index (κ3) is 4.21. The molecule has 3 aliphatic rings. The highest BCUT2D eigenvalue weighted by molar-refractivity contribution is 5.79. The van der Waals surface area contributed by atoms with E-state index in [0.717, 1.165) is 51.4 Å². The highest BCUT2D eigenvalue weighted by atomic mass is 16.2. The van der Waals surface area contributed by atoms with Crippen LogP contribution in [0.25, 0.3) is 0 Å². The van der Waals surface area contributed by atoms with Crippen molar-refractivity contribution in [3.63, 3.8) is 0 Å². The van der Waals surface area contributed by atoms with Gasteiger partial charge in [-0.25, -0.2) is 0 Å². The number of carbonyl (C=O) groups excluding carboxylic acids is 1. The third-order valence-corrected chi connectivity index (χ3v) is 6.96. The van der Waals surface area contributed by atoms with Crippen LogP contribution in [0.5, 0.6) is 0 Å². The van der Waals surface area contributed by atoms with Gasteiger partial charge in [-0.05, 0) is 72.0 Å². The molecule has 4 rings (SSSR count). The molecular formula is C21H35N5O. The van der Waals surface area contributed by atoms with Crippen LogP contribution >= 0.6 is 0 Å². The van der Waals surface area contributed by atoms with Crippen molar-refractivity contribution in [3.05, 3.63) is 17.0 Å². The number of nitrogens with one attached hydrogen (secondary N) is 1. The molecule has 0 aliphatic carbocycles. The predicted molar refractivity (Wildman–Crippen MR) is 106 cm³/mol. The van der Waals surface area contributed by atoms with Gasteiger partial charge in [0.2, 0.25) is 5.91 Å². The molecule has 0 unspecified atom stereocenters. The van der Waals surface area contributed by atoms with Crippen LogP contribution in [0.4, 0.5) is 0 Å². The van der Waals surface area contributed by atoms with Gasteiger partial charge in [0, 0.05) is 43.5 Å². The van der Waals surface area contributed by atoms with Gasteiger partial charge in [0.05, 0.1) is 11.6 Å². The molecule has 0 spiro atoms. The zero-order valence-electron chi connectivity index (χ0n) is 17.0. The fraction of sp³-hybridized carbons (Fsp3) is 0.810. The lowest BCUT2D eigenvalue weighted by Crippen LogP contribution is -2.51. The molecule has 27 heavy (non-hydrogen) atoms. The summed E-state index contributed by atoms with van der Waals surface area (Å²) in [5, 5.41) is 7.44. The smallest absolute Gasteiger partial charge is 0.226 e. The second-order valence-corrected chi connectivity index (χ2v) is 8.79. The van der Waals surface area contributed by atoms with E-state index in [9.17, 15) is 4.79 Å². The Morgan fingerprint density at radius 2 is 1.78 bits per heavy atom. The topological polar surface area (TPSA) is 55.5 Å². The molecule has 6 heteroatoms. The van der Waals surface area contributed by atoms with Crippen LogP contribution in [0.1, 0.15) is 55.5 Å². The average molecular weight is 374 g/mol. The fourth-order valence-corrected chi connectivity index (χ4v) is 5.21. The Hall–Kier alpha value is -1.40. The normalized spacial score (nSPS) is 26.0. The number of nitrogens with zero attached hydrogens (tertiary/aromatic N) is 4. The van der Waals surface area contributed by atoms with Crippen molar-refractivity contribution in [3.8, 4) is 0 Å². The number of amides is 1. The lowest BCUT2D eigenvalue weighted by atomic mass is 9.92. The maximum absolute atomic E-state index is 12.8. The van der Waals surface area contributed by atoms with Crippen LogP contribution in [0.2, 0.25) is 0 Å². The molecule has 1 aromatic heterocycles. The van der Waals surface area contributed by atoms with Gasteiger partial charge in [-0.2, -0.15) is 5.10 Å². The number of aromatic nitrogens is 2. The second-order valence-electron chi connectivity index (χ2n) is 8.79. The molecule has 1 amide bonds. The molecule has 0 saturated carbocycles. The summed E-state index contributed by atoms with van der Waals surface area (Å²) >= 11 is 0. The van der Waals surface area contributed by atoms with E-state index in [1.54, 1.807) is 0 Å². The molecule has 4 heterocycles. The second kappa shape index (κ2) is 8.31. The van der Waals surface area contributed by atoms with Gasteiger partial charge < -0.3 is 4.90 Å². The quantitative estimate of drug-likeness (QED) is 0.880. The Labute approximate surface area is 163 Å². The van der Waals surface area contributed by atoms with Crippen molar-refractivity contribution < 1.29 is 4.79 Å². The summed E-state index contributed by atoms with van der Waals surface area (Å²) in [5.41, 5.74) is 3.70. The number of H-pyrrole nitrogens is 1. The lowest BCUT2D eigenvalue weighted by molar-refractivity contribution is -0.136. The fourth-order valence-electron chi connectivity index (χ4n) is 5.21. The highest BCUT2D eigenvalue weighted by Gasteiger charge is 2.34. The average Bonchev–Trinajstić information content (AvgIpc) is 3.34. The van der Waals surface area contributed by atoms with Crippen LogP contribution in [0, 0.1) is 19.8 Å². The Balaban J connectivity index is 1.28. The Morgan fingerprint density at radius 3 is 2.44 bits per heavy atom. The van der Waals surface area contributed by atoms with Gasteiger partial charge in [0.1, 0.15) is 0 Å². The number of hydrogen-bond donors (Lipinski definition) is 1. The van der Waals surface area contributed by atoms with Crippen molar-refractivity contribution in [2.24, 2.45) is 5.92 Å². The summed E-state index contributed by atoms with van der Waals surface area (Å²) in [4.78, 5) is 20.1. The molecular weight excluding hydrogens is 338 g/mol. The minimum absolute atomic E-state index is 0.242. The van der Waals surface area contributed by atoms with Gasteiger partial charge >= 0.3 is 0 Å². The molecule has 6 nitrogen and oxygen atoms in total. The maximum Gasteiger partial charge on any atom is 0.226 e. The van der Waals surface area contributed by atoms with Crippen LogP contribution in [-0.2, 0) is 11.3 Å². The zero-order valence-corrected chi connectivity index (χ0v) is 17.0. The number of aryl methyl sites for hydroxylation is 2. The molecule has 3 fully saturated rings. The maximum atomic E-state index is 12.8. The predicted octanol–water partition coefficient (Wildman–Crippen LogP) is 2.33. The standard InChI is InChI=1S/C21H35N5O/c1-16-20(17(2)23-22-16)15-24-12-7-19(8-13-24)26-11-5-6-18(14-26)21(27)25-9-3-4-10-25/h18-19H,3-15H2,1-2H3,(H,22,23)/t18-/m1/s1. The summed E-state index contributed by atoms with van der Waals surface area (Å²) in [6, 6.07) is 0.655. The van der Waals surface area contributed by atoms with Gasteiger partial charge in [0.25, 0.3) is 0 Å². The van der Waals surface area contributed by atoms with E-state index in [0.29, 0.717) is 11.9 Å². The Kier molecular flexibility index (Phi) is 5.83. The first-order valence-corrected chi connectivity index (χ1v) is 10.9. The van der Waals surface area contributed by atoms with Crippen molar-refractivity contribution in [1.29, 1.82) is 0 Å². The molecule has 1 N–H and O–H groups in total. The minimum atomic E-state index is 0.242. The molecule has 1 atom stereocenters. The number of carbonyl (C=O) groups is 1. The molecule has 0 radical (unpaired) electrons. The summed E-state index contributed by atoms with van der Waals surface area (Å²) in [6.45, 7) is 11.7. The molecule has 0 bridgehead atoms. The zero-order chi connectivity index (χ0) is 18.8. The van der Waals surface area contributed by atoms with Crippen molar-refractivity contribution in [2.75, 3.05) is 39.3 Å². The summed E-state index contributed by atoms with van der Waals surface area (Å²) in [5.74, 6) is 0.673. The molecule has 3 aliphatic heterocycles. The molecule has 1 aromatic rings. The van der Waals surface area contributed by atoms with Gasteiger partial charge in [-0.15, -0.1) is 0 Å². The number of rotatable bonds is 4.